The molecule has 1 amide bonds. The van der Waals surface area contributed by atoms with Crippen LogP contribution in [0.15, 0.2) is 53.4 Å². The summed E-state index contributed by atoms with van der Waals surface area (Å²) in [6, 6.07) is 14.4. The molecule has 1 atom stereocenters. The standard InChI is InChI=1S/C19H22N2O3S/c1-21(2)25(23,24)16-10-6-9-15(13-16)20-19(22)18-12-5-8-14-7-3-4-11-17(14)18/h3-4,6-7,9-11,13,18H,5,8,12H2,1-2H3,(H,20,22). The van der Waals surface area contributed by atoms with E-state index in [0.29, 0.717) is 5.69 Å². The Morgan fingerprint density at radius 1 is 1.12 bits per heavy atom. The Morgan fingerprint density at radius 2 is 1.88 bits per heavy atom. The van der Waals surface area contributed by atoms with E-state index in [1.165, 1.54) is 31.8 Å². The number of hydrogen-bond acceptors (Lipinski definition) is 3. The first-order valence-electron chi connectivity index (χ1n) is 8.31. The van der Waals surface area contributed by atoms with Gasteiger partial charge in [-0.05, 0) is 48.6 Å². The van der Waals surface area contributed by atoms with Gasteiger partial charge in [0.25, 0.3) is 0 Å². The van der Waals surface area contributed by atoms with Crippen LogP contribution < -0.4 is 5.32 Å². The third kappa shape index (κ3) is 3.60. The SMILES string of the molecule is CN(C)S(=O)(=O)c1cccc(NC(=O)C2CCCc3ccccc32)c1. The van der Waals surface area contributed by atoms with Gasteiger partial charge < -0.3 is 5.32 Å². The van der Waals surface area contributed by atoms with Crippen molar-refractivity contribution in [3.05, 3.63) is 59.7 Å². The van der Waals surface area contributed by atoms with Crippen molar-refractivity contribution < 1.29 is 13.2 Å². The molecule has 5 nitrogen and oxygen atoms in total. The Kier molecular flexibility index (Phi) is 4.92. The van der Waals surface area contributed by atoms with Gasteiger partial charge in [0.1, 0.15) is 0 Å². The van der Waals surface area contributed by atoms with Crippen LogP contribution in [0, 0.1) is 0 Å². The highest BCUT2D eigenvalue weighted by Crippen LogP contribution is 2.32. The largest absolute Gasteiger partial charge is 0.326 e. The molecule has 0 bridgehead atoms. The minimum Gasteiger partial charge on any atom is -0.326 e. The molecule has 0 saturated carbocycles. The van der Waals surface area contributed by atoms with Gasteiger partial charge in [-0.25, -0.2) is 12.7 Å². The molecule has 1 aliphatic rings. The van der Waals surface area contributed by atoms with Crippen molar-refractivity contribution in [1.82, 2.24) is 4.31 Å². The van der Waals surface area contributed by atoms with E-state index in [0.717, 1.165) is 29.1 Å². The Balaban J connectivity index is 1.83. The monoisotopic (exact) mass is 358 g/mol. The van der Waals surface area contributed by atoms with Crippen LogP contribution in [-0.4, -0.2) is 32.7 Å². The number of hydrogen-bond donors (Lipinski definition) is 1. The minimum atomic E-state index is -3.53. The summed E-state index contributed by atoms with van der Waals surface area (Å²) in [4.78, 5) is 12.9. The fourth-order valence-electron chi connectivity index (χ4n) is 3.20. The molecule has 3 rings (SSSR count). The lowest BCUT2D eigenvalue weighted by atomic mass is 9.82. The molecule has 0 saturated heterocycles. The molecule has 25 heavy (non-hydrogen) atoms. The Hall–Kier alpha value is -2.18. The summed E-state index contributed by atoms with van der Waals surface area (Å²) in [5.74, 6) is -0.286. The quantitative estimate of drug-likeness (QED) is 0.914. The zero-order valence-electron chi connectivity index (χ0n) is 14.4. The maximum absolute atomic E-state index is 12.8. The molecular weight excluding hydrogens is 336 g/mol. The van der Waals surface area contributed by atoms with E-state index in [2.05, 4.69) is 11.4 Å². The number of carbonyl (C=O) groups excluding carboxylic acids is 1. The maximum atomic E-state index is 12.8. The van der Waals surface area contributed by atoms with E-state index in [4.69, 9.17) is 0 Å². The summed E-state index contributed by atoms with van der Waals surface area (Å²) in [6.07, 6.45) is 2.78. The van der Waals surface area contributed by atoms with E-state index in [1.807, 2.05) is 18.2 Å². The second kappa shape index (κ2) is 6.98. The maximum Gasteiger partial charge on any atom is 0.242 e. The molecular formula is C19H22N2O3S. The van der Waals surface area contributed by atoms with Gasteiger partial charge in [0.05, 0.1) is 10.8 Å². The van der Waals surface area contributed by atoms with Crippen LogP contribution in [0.4, 0.5) is 5.69 Å². The number of carbonyl (C=O) groups is 1. The third-order valence-electron chi connectivity index (χ3n) is 4.57. The van der Waals surface area contributed by atoms with Crippen LogP contribution in [0.25, 0.3) is 0 Å². The van der Waals surface area contributed by atoms with Crippen molar-refractivity contribution in [3.63, 3.8) is 0 Å². The van der Waals surface area contributed by atoms with Gasteiger partial charge in [-0.1, -0.05) is 30.3 Å². The molecule has 1 aliphatic carbocycles. The molecule has 0 spiro atoms. The lowest BCUT2D eigenvalue weighted by molar-refractivity contribution is -0.117. The lowest BCUT2D eigenvalue weighted by Gasteiger charge is -2.24. The molecule has 1 N–H and O–H groups in total. The summed E-state index contributed by atoms with van der Waals surface area (Å²) < 4.78 is 25.7. The first-order chi connectivity index (χ1) is 11.9. The van der Waals surface area contributed by atoms with E-state index in [1.54, 1.807) is 12.1 Å². The Bertz CT molecular complexity index is 891. The summed E-state index contributed by atoms with van der Waals surface area (Å²) in [6.45, 7) is 0. The second-order valence-corrected chi connectivity index (χ2v) is 8.60. The van der Waals surface area contributed by atoms with Gasteiger partial charge >= 0.3 is 0 Å². The smallest absolute Gasteiger partial charge is 0.242 e. The van der Waals surface area contributed by atoms with Gasteiger partial charge in [0, 0.05) is 19.8 Å². The predicted molar refractivity (Wildman–Crippen MR) is 98.1 cm³/mol. The fourth-order valence-corrected chi connectivity index (χ4v) is 4.15. The second-order valence-electron chi connectivity index (χ2n) is 6.45. The van der Waals surface area contributed by atoms with Crippen molar-refractivity contribution in [2.75, 3.05) is 19.4 Å². The first kappa shape index (κ1) is 17.6. The fraction of sp³-hybridized carbons (Fsp3) is 0.316. The van der Waals surface area contributed by atoms with Crippen LogP contribution in [0.1, 0.15) is 29.9 Å². The Morgan fingerprint density at radius 3 is 2.64 bits per heavy atom. The van der Waals surface area contributed by atoms with Gasteiger partial charge in [0.15, 0.2) is 0 Å². The zero-order valence-corrected chi connectivity index (χ0v) is 15.2. The van der Waals surface area contributed by atoms with Gasteiger partial charge in [-0.15, -0.1) is 0 Å². The molecule has 2 aromatic rings. The minimum absolute atomic E-state index is 0.0912. The number of nitrogens with one attached hydrogen (secondary N) is 1. The van der Waals surface area contributed by atoms with E-state index < -0.39 is 10.0 Å². The molecule has 0 aromatic heterocycles. The number of nitrogens with zero attached hydrogens (tertiary/aromatic N) is 1. The number of anilines is 1. The van der Waals surface area contributed by atoms with Gasteiger partial charge in [-0.3, -0.25) is 4.79 Å². The van der Waals surface area contributed by atoms with E-state index >= 15 is 0 Å². The molecule has 0 radical (unpaired) electrons. The number of benzene rings is 2. The van der Waals surface area contributed by atoms with Crippen molar-refractivity contribution >= 4 is 21.6 Å². The molecule has 0 aliphatic heterocycles. The average Bonchev–Trinajstić information content (AvgIpc) is 2.61. The lowest BCUT2D eigenvalue weighted by Crippen LogP contribution is -2.25. The highest BCUT2D eigenvalue weighted by molar-refractivity contribution is 7.89. The number of rotatable bonds is 4. The Labute approximate surface area is 148 Å². The summed E-state index contributed by atoms with van der Waals surface area (Å²) in [5, 5.41) is 2.88. The van der Waals surface area contributed by atoms with E-state index in [-0.39, 0.29) is 16.7 Å². The number of amides is 1. The van der Waals surface area contributed by atoms with E-state index in [9.17, 15) is 13.2 Å². The van der Waals surface area contributed by atoms with Gasteiger partial charge in [-0.2, -0.15) is 0 Å². The summed E-state index contributed by atoms with van der Waals surface area (Å²) in [5.41, 5.74) is 2.79. The van der Waals surface area contributed by atoms with Crippen LogP contribution in [0.2, 0.25) is 0 Å². The van der Waals surface area contributed by atoms with Crippen molar-refractivity contribution in [2.24, 2.45) is 0 Å². The molecule has 0 fully saturated rings. The van der Waals surface area contributed by atoms with Crippen LogP contribution >= 0.6 is 0 Å². The number of sulfonamides is 1. The van der Waals surface area contributed by atoms with Crippen molar-refractivity contribution in [3.8, 4) is 0 Å². The molecule has 0 heterocycles. The molecule has 6 heteroatoms. The first-order valence-corrected chi connectivity index (χ1v) is 9.75. The third-order valence-corrected chi connectivity index (χ3v) is 6.38. The molecule has 2 aromatic carbocycles. The summed E-state index contributed by atoms with van der Waals surface area (Å²) in [7, 11) is -0.555. The zero-order chi connectivity index (χ0) is 18.0. The normalized spacial score (nSPS) is 17.2. The number of aryl methyl sites for hydroxylation is 1. The number of fused-ring (bicyclic) bond motifs is 1. The van der Waals surface area contributed by atoms with Crippen LogP contribution in [0.3, 0.4) is 0 Å². The topological polar surface area (TPSA) is 66.5 Å². The highest BCUT2D eigenvalue weighted by Gasteiger charge is 2.26. The van der Waals surface area contributed by atoms with Gasteiger partial charge in [0.2, 0.25) is 15.9 Å². The van der Waals surface area contributed by atoms with Crippen LogP contribution in [-0.2, 0) is 21.2 Å². The average molecular weight is 358 g/mol. The molecule has 132 valence electrons. The summed E-state index contributed by atoms with van der Waals surface area (Å²) >= 11 is 0. The van der Waals surface area contributed by atoms with Crippen molar-refractivity contribution in [1.29, 1.82) is 0 Å². The highest BCUT2D eigenvalue weighted by atomic mass is 32.2. The van der Waals surface area contributed by atoms with Crippen LogP contribution in [0.5, 0.6) is 0 Å². The predicted octanol–water partition coefficient (Wildman–Crippen LogP) is 3.00. The molecule has 1 unspecified atom stereocenters. The van der Waals surface area contributed by atoms with Crippen molar-refractivity contribution in [2.45, 2.75) is 30.1 Å².